The van der Waals surface area contributed by atoms with E-state index in [0.29, 0.717) is 19.4 Å². The number of nitrogens with one attached hydrogen (secondary N) is 3. The van der Waals surface area contributed by atoms with E-state index in [4.69, 9.17) is 10.8 Å². The summed E-state index contributed by atoms with van der Waals surface area (Å²) in [6.07, 6.45) is 7.98. The fourth-order valence-corrected chi connectivity index (χ4v) is 1.84. The molecule has 1 aliphatic rings. The zero-order chi connectivity index (χ0) is 11.1. The molecule has 1 rings (SSSR count). The highest BCUT2D eigenvalue weighted by Crippen LogP contribution is 2.41. The Kier molecular flexibility index (Phi) is 4.46. The summed E-state index contributed by atoms with van der Waals surface area (Å²) in [5.41, 5.74) is 0.0782. The Bertz CT molecular complexity index is 246. The maximum Gasteiger partial charge on any atom is 0.220 e. The summed E-state index contributed by atoms with van der Waals surface area (Å²) >= 11 is 0. The summed E-state index contributed by atoms with van der Waals surface area (Å²) < 4.78 is 0. The third-order valence-corrected chi connectivity index (χ3v) is 3.12. The smallest absolute Gasteiger partial charge is 0.220 e. The number of amides is 1. The van der Waals surface area contributed by atoms with Gasteiger partial charge in [-0.05, 0) is 31.9 Å². The van der Waals surface area contributed by atoms with Crippen molar-refractivity contribution in [2.45, 2.75) is 38.5 Å². The summed E-state index contributed by atoms with van der Waals surface area (Å²) in [6.45, 7) is 0.659. The van der Waals surface area contributed by atoms with E-state index in [9.17, 15) is 4.79 Å². The van der Waals surface area contributed by atoms with Crippen molar-refractivity contribution in [2.24, 2.45) is 5.41 Å². The number of rotatable bonds is 7. The van der Waals surface area contributed by atoms with Crippen LogP contribution in [0.4, 0.5) is 0 Å². The van der Waals surface area contributed by atoms with Gasteiger partial charge in [-0.25, -0.2) is 0 Å². The first-order chi connectivity index (χ1) is 7.22. The van der Waals surface area contributed by atoms with E-state index in [1.165, 1.54) is 12.6 Å². The van der Waals surface area contributed by atoms with Gasteiger partial charge >= 0.3 is 0 Å². The third kappa shape index (κ3) is 3.46. The first-order valence-electron chi connectivity index (χ1n) is 5.50. The predicted octanol–water partition coefficient (Wildman–Crippen LogP) is 1.74. The van der Waals surface area contributed by atoms with Gasteiger partial charge in [-0.1, -0.05) is 6.42 Å². The topological polar surface area (TPSA) is 76.8 Å². The summed E-state index contributed by atoms with van der Waals surface area (Å²) in [5.74, 6) is 0.0120. The number of carbonyl (C=O) groups excluding carboxylic acids is 1. The molecule has 0 aromatic rings. The molecule has 0 radical (unpaired) electrons. The maximum atomic E-state index is 11.2. The summed E-state index contributed by atoms with van der Waals surface area (Å²) in [7, 11) is 0. The van der Waals surface area contributed by atoms with E-state index in [1.807, 2.05) is 0 Å². The Morgan fingerprint density at radius 3 is 2.60 bits per heavy atom. The van der Waals surface area contributed by atoms with E-state index in [0.717, 1.165) is 19.3 Å². The predicted molar refractivity (Wildman–Crippen MR) is 60.7 cm³/mol. The minimum Gasteiger partial charge on any atom is -0.356 e. The van der Waals surface area contributed by atoms with Gasteiger partial charge < -0.3 is 16.1 Å². The molecule has 0 heterocycles. The lowest BCUT2D eigenvalue weighted by atomic mass is 9.67. The quantitative estimate of drug-likeness (QED) is 0.549. The van der Waals surface area contributed by atoms with Crippen LogP contribution in [0.5, 0.6) is 0 Å². The van der Waals surface area contributed by atoms with Gasteiger partial charge in [-0.15, -0.1) is 0 Å². The second kappa shape index (κ2) is 5.63. The van der Waals surface area contributed by atoms with Crippen LogP contribution in [0.15, 0.2) is 0 Å². The largest absolute Gasteiger partial charge is 0.356 e. The molecule has 0 aliphatic heterocycles. The fourth-order valence-electron chi connectivity index (χ4n) is 1.84. The van der Waals surface area contributed by atoms with E-state index in [1.54, 1.807) is 6.21 Å². The van der Waals surface area contributed by atoms with Crippen LogP contribution in [0.25, 0.3) is 0 Å². The molecule has 84 valence electrons. The van der Waals surface area contributed by atoms with Gasteiger partial charge in [0.2, 0.25) is 5.91 Å². The minimum absolute atomic E-state index is 0.0120. The van der Waals surface area contributed by atoms with Crippen LogP contribution in [0.2, 0.25) is 0 Å². The van der Waals surface area contributed by atoms with Crippen LogP contribution >= 0.6 is 0 Å². The van der Waals surface area contributed by atoms with Crippen LogP contribution < -0.4 is 5.32 Å². The van der Waals surface area contributed by atoms with E-state index in [2.05, 4.69) is 5.32 Å². The van der Waals surface area contributed by atoms with Gasteiger partial charge in [-0.3, -0.25) is 4.79 Å². The molecule has 1 amide bonds. The second-order valence-electron chi connectivity index (χ2n) is 4.20. The SMILES string of the molecule is N=CCCC(=O)NCCC1(C=N)CCC1. The molecule has 15 heavy (non-hydrogen) atoms. The molecule has 4 nitrogen and oxygen atoms in total. The lowest BCUT2D eigenvalue weighted by Gasteiger charge is -2.38. The van der Waals surface area contributed by atoms with Crippen LogP contribution in [-0.4, -0.2) is 24.9 Å². The summed E-state index contributed by atoms with van der Waals surface area (Å²) in [5, 5.41) is 17.0. The first-order valence-corrected chi connectivity index (χ1v) is 5.50. The molecule has 1 fully saturated rings. The molecule has 0 aromatic heterocycles. The third-order valence-electron chi connectivity index (χ3n) is 3.12. The van der Waals surface area contributed by atoms with Crippen LogP contribution in [0.3, 0.4) is 0 Å². The van der Waals surface area contributed by atoms with Crippen molar-refractivity contribution < 1.29 is 4.79 Å². The molecule has 0 unspecified atom stereocenters. The summed E-state index contributed by atoms with van der Waals surface area (Å²) in [6, 6.07) is 0. The van der Waals surface area contributed by atoms with E-state index in [-0.39, 0.29) is 11.3 Å². The standard InChI is InChI=1S/C11H19N3O/c12-7-1-3-10(15)14-8-6-11(9-13)4-2-5-11/h7,9,12-13H,1-6,8H2,(H,14,15). The first kappa shape index (κ1) is 11.9. The van der Waals surface area contributed by atoms with E-state index >= 15 is 0 Å². The highest BCUT2D eigenvalue weighted by Gasteiger charge is 2.34. The van der Waals surface area contributed by atoms with Crippen LogP contribution in [0, 0.1) is 16.2 Å². The van der Waals surface area contributed by atoms with Crippen LogP contribution in [0.1, 0.15) is 38.5 Å². The molecule has 0 atom stereocenters. The Labute approximate surface area is 90.5 Å². The molecule has 1 saturated carbocycles. The van der Waals surface area contributed by atoms with Crippen LogP contribution in [-0.2, 0) is 4.79 Å². The van der Waals surface area contributed by atoms with Gasteiger partial charge in [0, 0.05) is 24.6 Å². The summed E-state index contributed by atoms with van der Waals surface area (Å²) in [4.78, 5) is 11.2. The van der Waals surface area contributed by atoms with Crippen molar-refractivity contribution in [1.82, 2.24) is 5.32 Å². The Hall–Kier alpha value is -1.19. The average molecular weight is 209 g/mol. The molecule has 0 bridgehead atoms. The van der Waals surface area contributed by atoms with E-state index < -0.39 is 0 Å². The zero-order valence-electron chi connectivity index (χ0n) is 9.01. The van der Waals surface area contributed by atoms with Crippen molar-refractivity contribution in [3.63, 3.8) is 0 Å². The number of carbonyl (C=O) groups is 1. The molecule has 1 aliphatic carbocycles. The van der Waals surface area contributed by atoms with Crippen molar-refractivity contribution >= 4 is 18.3 Å². The van der Waals surface area contributed by atoms with Gasteiger partial charge in [0.1, 0.15) is 0 Å². The minimum atomic E-state index is 0.0120. The number of hydrogen-bond acceptors (Lipinski definition) is 3. The monoisotopic (exact) mass is 209 g/mol. The van der Waals surface area contributed by atoms with Crippen molar-refractivity contribution in [3.05, 3.63) is 0 Å². The van der Waals surface area contributed by atoms with Gasteiger partial charge in [0.25, 0.3) is 0 Å². The molecule has 0 saturated heterocycles. The van der Waals surface area contributed by atoms with Gasteiger partial charge in [0.15, 0.2) is 0 Å². The highest BCUT2D eigenvalue weighted by molar-refractivity contribution is 5.78. The fraction of sp³-hybridized carbons (Fsp3) is 0.727. The molecule has 0 spiro atoms. The Morgan fingerprint density at radius 1 is 1.40 bits per heavy atom. The normalized spacial score (nSPS) is 17.6. The number of hydrogen-bond donors (Lipinski definition) is 3. The van der Waals surface area contributed by atoms with Crippen molar-refractivity contribution in [1.29, 1.82) is 10.8 Å². The average Bonchev–Trinajstić information content (AvgIpc) is 2.19. The molecular weight excluding hydrogens is 190 g/mol. The lowest BCUT2D eigenvalue weighted by molar-refractivity contribution is -0.121. The lowest BCUT2D eigenvalue weighted by Crippen LogP contribution is -2.35. The highest BCUT2D eigenvalue weighted by atomic mass is 16.1. The molecule has 0 aromatic carbocycles. The second-order valence-corrected chi connectivity index (χ2v) is 4.20. The molecule has 3 N–H and O–H groups in total. The molecule has 4 heteroatoms. The maximum absolute atomic E-state index is 11.2. The van der Waals surface area contributed by atoms with Crippen molar-refractivity contribution in [3.8, 4) is 0 Å². The van der Waals surface area contributed by atoms with Crippen molar-refractivity contribution in [2.75, 3.05) is 6.54 Å². The van der Waals surface area contributed by atoms with Gasteiger partial charge in [-0.2, -0.15) is 0 Å². The Morgan fingerprint density at radius 2 is 2.13 bits per heavy atom. The van der Waals surface area contributed by atoms with Gasteiger partial charge in [0.05, 0.1) is 0 Å². The zero-order valence-corrected chi connectivity index (χ0v) is 9.01. The Balaban J connectivity index is 2.12. The molecular formula is C11H19N3O.